The number of pyridine rings is 1. The minimum Gasteiger partial charge on any atom is -0.369 e. The summed E-state index contributed by atoms with van der Waals surface area (Å²) in [5.41, 5.74) is 1.36. The van der Waals surface area contributed by atoms with Gasteiger partial charge in [0.1, 0.15) is 11.8 Å². The van der Waals surface area contributed by atoms with Crippen LogP contribution < -0.4 is 5.32 Å². The fourth-order valence-electron chi connectivity index (χ4n) is 2.03. The van der Waals surface area contributed by atoms with Crippen LogP contribution in [-0.4, -0.2) is 23.7 Å². The molecule has 2 rings (SSSR count). The van der Waals surface area contributed by atoms with Crippen molar-refractivity contribution in [3.63, 3.8) is 0 Å². The van der Waals surface area contributed by atoms with Gasteiger partial charge in [-0.1, -0.05) is 0 Å². The van der Waals surface area contributed by atoms with Crippen LogP contribution in [0, 0.1) is 11.3 Å². The molecule has 0 amide bonds. The van der Waals surface area contributed by atoms with E-state index in [1.165, 1.54) is 0 Å². The van der Waals surface area contributed by atoms with Crippen LogP contribution in [0.5, 0.6) is 0 Å². The second-order valence-electron chi connectivity index (χ2n) is 4.68. The first-order chi connectivity index (χ1) is 8.22. The van der Waals surface area contributed by atoms with E-state index in [1.807, 2.05) is 12.1 Å². The molecule has 1 aliphatic rings. The van der Waals surface area contributed by atoms with Crippen LogP contribution in [-0.2, 0) is 11.3 Å². The summed E-state index contributed by atoms with van der Waals surface area (Å²) in [6.07, 6.45) is 3.88. The number of rotatable bonds is 3. The zero-order valence-corrected chi connectivity index (χ0v) is 10.1. The van der Waals surface area contributed by atoms with Gasteiger partial charge in [0.2, 0.25) is 0 Å². The van der Waals surface area contributed by atoms with Crippen molar-refractivity contribution in [3.05, 3.63) is 29.6 Å². The Kier molecular flexibility index (Phi) is 3.72. The molecule has 4 nitrogen and oxygen atoms in total. The average Bonchev–Trinajstić information content (AvgIpc) is 2.38. The van der Waals surface area contributed by atoms with Crippen LogP contribution in [0.15, 0.2) is 18.3 Å². The van der Waals surface area contributed by atoms with Gasteiger partial charge in [-0.25, -0.2) is 4.98 Å². The number of ether oxygens (including phenoxy) is 1. The first-order valence-electron chi connectivity index (χ1n) is 5.92. The Labute approximate surface area is 102 Å². The third kappa shape index (κ3) is 3.26. The molecule has 0 saturated carbocycles. The predicted molar refractivity (Wildman–Crippen MR) is 64.2 cm³/mol. The lowest BCUT2D eigenvalue weighted by atomic mass is 9.96. The first kappa shape index (κ1) is 12.0. The highest BCUT2D eigenvalue weighted by Crippen LogP contribution is 2.21. The van der Waals surface area contributed by atoms with Gasteiger partial charge in [-0.15, -0.1) is 0 Å². The number of nitrogens with zero attached hydrogens (tertiary/aromatic N) is 2. The predicted octanol–water partition coefficient (Wildman–Crippen LogP) is 1.61. The molecule has 1 fully saturated rings. The van der Waals surface area contributed by atoms with E-state index < -0.39 is 0 Å². The molecule has 1 aromatic heterocycles. The third-order valence-electron chi connectivity index (χ3n) is 3.08. The summed E-state index contributed by atoms with van der Waals surface area (Å²) in [7, 11) is 0. The van der Waals surface area contributed by atoms with Gasteiger partial charge >= 0.3 is 0 Å². The minimum atomic E-state index is -0.0890. The lowest BCUT2D eigenvalue weighted by Crippen LogP contribution is -2.45. The summed E-state index contributed by atoms with van der Waals surface area (Å²) in [5.74, 6) is 0. The lowest BCUT2D eigenvalue weighted by Gasteiger charge is -2.34. The fourth-order valence-corrected chi connectivity index (χ4v) is 2.03. The standard InChI is InChI=1S/C13H17N3O/c1-13(4-2-5-15-10-13)17-9-11-3-6-16-12(7-11)8-14/h3,6-7,15H,2,4-5,9-10H2,1H3. The number of hydrogen-bond acceptors (Lipinski definition) is 4. The molecule has 0 aliphatic carbocycles. The van der Waals surface area contributed by atoms with Crippen molar-refractivity contribution in [2.24, 2.45) is 0 Å². The molecule has 90 valence electrons. The Balaban J connectivity index is 1.95. The quantitative estimate of drug-likeness (QED) is 0.858. The normalized spacial score (nSPS) is 24.2. The van der Waals surface area contributed by atoms with Crippen molar-refractivity contribution < 1.29 is 4.74 Å². The number of nitriles is 1. The van der Waals surface area contributed by atoms with Crippen LogP contribution in [0.25, 0.3) is 0 Å². The number of nitrogens with one attached hydrogen (secondary N) is 1. The van der Waals surface area contributed by atoms with E-state index in [0.717, 1.165) is 31.5 Å². The summed E-state index contributed by atoms with van der Waals surface area (Å²) in [4.78, 5) is 3.94. The van der Waals surface area contributed by atoms with E-state index in [-0.39, 0.29) is 5.60 Å². The average molecular weight is 231 g/mol. The fraction of sp³-hybridized carbons (Fsp3) is 0.538. The van der Waals surface area contributed by atoms with Gasteiger partial charge < -0.3 is 10.1 Å². The summed E-state index contributed by atoms with van der Waals surface area (Å²) < 4.78 is 5.96. The Morgan fingerprint density at radius 1 is 1.65 bits per heavy atom. The van der Waals surface area contributed by atoms with Gasteiger partial charge in [0, 0.05) is 12.7 Å². The largest absolute Gasteiger partial charge is 0.369 e. The zero-order valence-electron chi connectivity index (χ0n) is 10.1. The van der Waals surface area contributed by atoms with Crippen LogP contribution in [0.3, 0.4) is 0 Å². The highest BCUT2D eigenvalue weighted by atomic mass is 16.5. The third-order valence-corrected chi connectivity index (χ3v) is 3.08. The highest BCUT2D eigenvalue weighted by Gasteiger charge is 2.27. The van der Waals surface area contributed by atoms with Gasteiger partial charge in [0.15, 0.2) is 0 Å². The van der Waals surface area contributed by atoms with E-state index in [2.05, 4.69) is 17.2 Å². The molecule has 1 saturated heterocycles. The second-order valence-corrected chi connectivity index (χ2v) is 4.68. The number of aromatic nitrogens is 1. The molecule has 1 aromatic rings. The number of piperidine rings is 1. The maximum Gasteiger partial charge on any atom is 0.140 e. The summed E-state index contributed by atoms with van der Waals surface area (Å²) in [6, 6.07) is 5.70. The molecular weight excluding hydrogens is 214 g/mol. The van der Waals surface area contributed by atoms with Gasteiger partial charge in [-0.2, -0.15) is 5.26 Å². The lowest BCUT2D eigenvalue weighted by molar-refractivity contribution is -0.0571. The van der Waals surface area contributed by atoms with Crippen molar-refractivity contribution in [2.75, 3.05) is 13.1 Å². The molecule has 1 aliphatic heterocycles. The van der Waals surface area contributed by atoms with E-state index >= 15 is 0 Å². The number of hydrogen-bond donors (Lipinski definition) is 1. The van der Waals surface area contributed by atoms with Crippen LogP contribution in [0.1, 0.15) is 31.0 Å². The van der Waals surface area contributed by atoms with Crippen molar-refractivity contribution >= 4 is 0 Å². The molecule has 17 heavy (non-hydrogen) atoms. The van der Waals surface area contributed by atoms with Crippen LogP contribution in [0.2, 0.25) is 0 Å². The van der Waals surface area contributed by atoms with E-state index in [4.69, 9.17) is 10.00 Å². The topological polar surface area (TPSA) is 57.9 Å². The summed E-state index contributed by atoms with van der Waals surface area (Å²) >= 11 is 0. The zero-order chi connectivity index (χ0) is 12.1. The van der Waals surface area contributed by atoms with Crippen molar-refractivity contribution in [1.29, 1.82) is 5.26 Å². The molecule has 4 heteroatoms. The highest BCUT2D eigenvalue weighted by molar-refractivity contribution is 5.24. The van der Waals surface area contributed by atoms with Gasteiger partial charge in [-0.05, 0) is 44.0 Å². The van der Waals surface area contributed by atoms with Crippen LogP contribution in [0.4, 0.5) is 0 Å². The molecule has 1 atom stereocenters. The molecule has 0 bridgehead atoms. The van der Waals surface area contributed by atoms with Gasteiger partial charge in [0.05, 0.1) is 12.2 Å². The Morgan fingerprint density at radius 3 is 3.24 bits per heavy atom. The SMILES string of the molecule is CC1(OCc2ccnc(C#N)c2)CCCNC1. The molecule has 1 unspecified atom stereocenters. The van der Waals surface area contributed by atoms with Gasteiger partial charge in [0.25, 0.3) is 0 Å². The maximum absolute atomic E-state index is 8.77. The minimum absolute atomic E-state index is 0.0890. The summed E-state index contributed by atoms with van der Waals surface area (Å²) in [5, 5.41) is 12.1. The second kappa shape index (κ2) is 5.26. The van der Waals surface area contributed by atoms with E-state index in [9.17, 15) is 0 Å². The van der Waals surface area contributed by atoms with Crippen molar-refractivity contribution in [2.45, 2.75) is 32.0 Å². The Morgan fingerprint density at radius 2 is 2.53 bits per heavy atom. The Hall–Kier alpha value is -1.44. The monoisotopic (exact) mass is 231 g/mol. The maximum atomic E-state index is 8.77. The Bertz CT molecular complexity index is 419. The van der Waals surface area contributed by atoms with E-state index in [1.54, 1.807) is 12.3 Å². The molecular formula is C13H17N3O. The van der Waals surface area contributed by atoms with Crippen molar-refractivity contribution in [1.82, 2.24) is 10.3 Å². The summed E-state index contributed by atoms with van der Waals surface area (Å²) in [6.45, 7) is 4.64. The molecule has 0 spiro atoms. The molecule has 0 radical (unpaired) electrons. The van der Waals surface area contributed by atoms with Crippen molar-refractivity contribution in [3.8, 4) is 6.07 Å². The molecule has 1 N–H and O–H groups in total. The van der Waals surface area contributed by atoms with Crippen LogP contribution >= 0.6 is 0 Å². The molecule has 0 aromatic carbocycles. The first-order valence-corrected chi connectivity index (χ1v) is 5.92. The molecule has 2 heterocycles. The van der Waals surface area contributed by atoms with E-state index in [0.29, 0.717) is 12.3 Å². The van der Waals surface area contributed by atoms with Gasteiger partial charge in [-0.3, -0.25) is 0 Å². The smallest absolute Gasteiger partial charge is 0.140 e.